The summed E-state index contributed by atoms with van der Waals surface area (Å²) in [5, 5.41) is 3.60. The van der Waals surface area contributed by atoms with Crippen LogP contribution in [0.2, 0.25) is 0 Å². The van der Waals surface area contributed by atoms with Crippen LogP contribution in [0.3, 0.4) is 0 Å². The minimum atomic E-state index is -0.377. The molecular formula is C20H24FN3O. The van der Waals surface area contributed by atoms with Crippen LogP contribution < -0.4 is 10.2 Å². The first-order chi connectivity index (χ1) is 12.2. The van der Waals surface area contributed by atoms with E-state index in [1.54, 1.807) is 0 Å². The number of nitrogens with one attached hydrogen (secondary N) is 1. The van der Waals surface area contributed by atoms with E-state index in [1.165, 1.54) is 12.5 Å². The Morgan fingerprint density at radius 3 is 2.60 bits per heavy atom. The Kier molecular flexibility index (Phi) is 4.55. The Balaban J connectivity index is 1.58. The van der Waals surface area contributed by atoms with Gasteiger partial charge >= 0.3 is 0 Å². The molecule has 1 amide bonds. The highest BCUT2D eigenvalue weighted by Crippen LogP contribution is 2.28. The van der Waals surface area contributed by atoms with Crippen molar-refractivity contribution in [2.24, 2.45) is 5.92 Å². The van der Waals surface area contributed by atoms with Gasteiger partial charge in [0.15, 0.2) is 5.82 Å². The van der Waals surface area contributed by atoms with Gasteiger partial charge in [0.25, 0.3) is 0 Å². The van der Waals surface area contributed by atoms with Crippen molar-refractivity contribution >= 4 is 28.3 Å². The third-order valence-corrected chi connectivity index (χ3v) is 5.40. The largest absolute Gasteiger partial charge is 0.357 e. The van der Waals surface area contributed by atoms with E-state index < -0.39 is 0 Å². The van der Waals surface area contributed by atoms with E-state index in [-0.39, 0.29) is 17.6 Å². The van der Waals surface area contributed by atoms with Crippen LogP contribution in [-0.2, 0) is 4.79 Å². The Hall–Kier alpha value is -2.17. The molecule has 1 aliphatic heterocycles. The summed E-state index contributed by atoms with van der Waals surface area (Å²) in [4.78, 5) is 19.0. The van der Waals surface area contributed by atoms with Crippen molar-refractivity contribution in [3.63, 3.8) is 0 Å². The number of aromatic nitrogens is 1. The van der Waals surface area contributed by atoms with Crippen molar-refractivity contribution in [1.29, 1.82) is 0 Å². The lowest BCUT2D eigenvalue weighted by molar-refractivity contribution is -0.119. The van der Waals surface area contributed by atoms with Gasteiger partial charge < -0.3 is 10.2 Å². The Morgan fingerprint density at radius 2 is 1.84 bits per heavy atom. The summed E-state index contributed by atoms with van der Waals surface area (Å²) in [6.45, 7) is 1.96. The first-order valence-corrected chi connectivity index (χ1v) is 9.37. The van der Waals surface area contributed by atoms with Crippen LogP contribution in [-0.4, -0.2) is 24.0 Å². The molecule has 0 bridgehead atoms. The van der Waals surface area contributed by atoms with Crippen LogP contribution in [0.4, 0.5) is 15.9 Å². The molecule has 0 radical (unpaired) electrons. The molecule has 1 aromatic heterocycles. The quantitative estimate of drug-likeness (QED) is 0.894. The molecule has 5 heteroatoms. The molecule has 2 heterocycles. The van der Waals surface area contributed by atoms with E-state index in [9.17, 15) is 9.18 Å². The number of anilines is 2. The zero-order valence-corrected chi connectivity index (χ0v) is 14.4. The maximum absolute atomic E-state index is 14.6. The summed E-state index contributed by atoms with van der Waals surface area (Å²) in [6, 6.07) is 7.07. The molecule has 1 aromatic carbocycles. The molecule has 0 unspecified atom stereocenters. The van der Waals surface area contributed by atoms with Gasteiger partial charge in [-0.25, -0.2) is 9.37 Å². The number of halogens is 1. The van der Waals surface area contributed by atoms with Crippen LogP contribution >= 0.6 is 0 Å². The summed E-state index contributed by atoms with van der Waals surface area (Å²) in [7, 11) is 0. The lowest BCUT2D eigenvalue weighted by Crippen LogP contribution is -2.30. The number of nitrogens with zero attached hydrogens (tertiary/aromatic N) is 2. The number of hydrogen-bond acceptors (Lipinski definition) is 3. The Labute approximate surface area is 147 Å². The minimum absolute atomic E-state index is 0.00847. The van der Waals surface area contributed by atoms with E-state index in [0.717, 1.165) is 62.8 Å². The van der Waals surface area contributed by atoms with E-state index in [0.29, 0.717) is 11.2 Å². The van der Waals surface area contributed by atoms with E-state index >= 15 is 0 Å². The number of piperidine rings is 1. The molecule has 1 N–H and O–H groups in total. The van der Waals surface area contributed by atoms with E-state index in [2.05, 4.69) is 15.2 Å². The number of fused-ring (bicyclic) bond motifs is 1. The average Bonchev–Trinajstić information content (AvgIpc) is 3.17. The highest BCUT2D eigenvalue weighted by Gasteiger charge is 2.23. The number of amides is 1. The standard InChI is InChI=1S/C20H24FN3O/c21-17-13-16(22-20(25)14-6-2-3-7-14)12-15-8-9-18(23-19(15)17)24-10-4-1-5-11-24/h8-9,12-14H,1-7,10-11H2,(H,22,25). The number of carbonyl (C=O) groups excluding carboxylic acids is 1. The number of carbonyl (C=O) groups is 1. The van der Waals surface area contributed by atoms with Crippen molar-refractivity contribution < 1.29 is 9.18 Å². The highest BCUT2D eigenvalue weighted by molar-refractivity contribution is 5.95. The smallest absolute Gasteiger partial charge is 0.227 e. The van der Waals surface area contributed by atoms with Crippen molar-refractivity contribution in [1.82, 2.24) is 4.98 Å². The van der Waals surface area contributed by atoms with Gasteiger partial charge in [-0.2, -0.15) is 0 Å². The maximum Gasteiger partial charge on any atom is 0.227 e. The second-order valence-corrected chi connectivity index (χ2v) is 7.22. The fraction of sp³-hybridized carbons (Fsp3) is 0.500. The monoisotopic (exact) mass is 341 g/mol. The lowest BCUT2D eigenvalue weighted by Gasteiger charge is -2.27. The first kappa shape index (κ1) is 16.3. The second kappa shape index (κ2) is 6.98. The molecule has 2 fully saturated rings. The summed E-state index contributed by atoms with van der Waals surface area (Å²) in [5.41, 5.74) is 0.899. The third kappa shape index (κ3) is 3.46. The summed E-state index contributed by atoms with van der Waals surface area (Å²) in [5.74, 6) is 0.541. The van der Waals surface area contributed by atoms with Gasteiger partial charge in [0.05, 0.1) is 0 Å². The minimum Gasteiger partial charge on any atom is -0.357 e. The van der Waals surface area contributed by atoms with Crippen LogP contribution in [0, 0.1) is 11.7 Å². The maximum atomic E-state index is 14.6. The molecule has 1 saturated carbocycles. The number of pyridine rings is 1. The predicted molar refractivity (Wildman–Crippen MR) is 98.4 cm³/mol. The van der Waals surface area contributed by atoms with Gasteiger partial charge in [0.2, 0.25) is 5.91 Å². The summed E-state index contributed by atoms with van der Waals surface area (Å²) in [6.07, 6.45) is 7.65. The van der Waals surface area contributed by atoms with Gasteiger partial charge in [0, 0.05) is 30.1 Å². The van der Waals surface area contributed by atoms with Crippen LogP contribution in [0.25, 0.3) is 10.9 Å². The van der Waals surface area contributed by atoms with E-state index in [4.69, 9.17) is 0 Å². The molecule has 1 aliphatic carbocycles. The van der Waals surface area contributed by atoms with Gasteiger partial charge in [-0.3, -0.25) is 4.79 Å². The zero-order chi connectivity index (χ0) is 17.2. The lowest BCUT2D eigenvalue weighted by atomic mass is 10.1. The molecule has 0 atom stereocenters. The molecular weight excluding hydrogens is 317 g/mol. The molecule has 0 spiro atoms. The molecule has 4 nitrogen and oxygen atoms in total. The van der Waals surface area contributed by atoms with Crippen molar-refractivity contribution in [3.05, 3.63) is 30.1 Å². The van der Waals surface area contributed by atoms with Gasteiger partial charge in [-0.1, -0.05) is 12.8 Å². The SMILES string of the molecule is O=C(Nc1cc(F)c2nc(N3CCCCC3)ccc2c1)C1CCCC1. The Morgan fingerprint density at radius 1 is 1.08 bits per heavy atom. The van der Waals surface area contributed by atoms with Gasteiger partial charge in [-0.15, -0.1) is 0 Å². The summed E-state index contributed by atoms with van der Waals surface area (Å²) < 4.78 is 14.6. The number of rotatable bonds is 3. The normalized spacial score (nSPS) is 18.7. The highest BCUT2D eigenvalue weighted by atomic mass is 19.1. The topological polar surface area (TPSA) is 45.2 Å². The van der Waals surface area contributed by atoms with Crippen LogP contribution in [0.1, 0.15) is 44.9 Å². The number of benzene rings is 1. The van der Waals surface area contributed by atoms with Crippen molar-refractivity contribution in [2.45, 2.75) is 44.9 Å². The molecule has 1 saturated heterocycles. The third-order valence-electron chi connectivity index (χ3n) is 5.40. The second-order valence-electron chi connectivity index (χ2n) is 7.22. The predicted octanol–water partition coefficient (Wildman–Crippen LogP) is 4.49. The van der Waals surface area contributed by atoms with Crippen molar-refractivity contribution in [3.8, 4) is 0 Å². The van der Waals surface area contributed by atoms with Crippen molar-refractivity contribution in [2.75, 3.05) is 23.3 Å². The fourth-order valence-corrected chi connectivity index (χ4v) is 3.99. The molecule has 2 aliphatic rings. The summed E-state index contributed by atoms with van der Waals surface area (Å²) >= 11 is 0. The zero-order valence-electron chi connectivity index (χ0n) is 14.4. The van der Waals surface area contributed by atoms with Crippen LogP contribution in [0.15, 0.2) is 24.3 Å². The molecule has 25 heavy (non-hydrogen) atoms. The van der Waals surface area contributed by atoms with Gasteiger partial charge in [0.1, 0.15) is 11.3 Å². The molecule has 2 aromatic rings. The van der Waals surface area contributed by atoms with Crippen LogP contribution in [0.5, 0.6) is 0 Å². The number of hydrogen-bond donors (Lipinski definition) is 1. The molecule has 4 rings (SSSR count). The average molecular weight is 341 g/mol. The molecule has 132 valence electrons. The van der Waals surface area contributed by atoms with Gasteiger partial charge in [-0.05, 0) is 56.4 Å². The van der Waals surface area contributed by atoms with E-state index in [1.807, 2.05) is 18.2 Å². The fourth-order valence-electron chi connectivity index (χ4n) is 3.99. The first-order valence-electron chi connectivity index (χ1n) is 9.37. The Bertz CT molecular complexity index is 780.